The van der Waals surface area contributed by atoms with E-state index in [0.29, 0.717) is 29.1 Å². The van der Waals surface area contributed by atoms with Crippen LogP contribution in [0, 0.1) is 18.8 Å². The Hall–Kier alpha value is -4.19. The summed E-state index contributed by atoms with van der Waals surface area (Å²) in [5, 5.41) is 6.48. The van der Waals surface area contributed by atoms with Crippen LogP contribution in [0.5, 0.6) is 11.5 Å². The summed E-state index contributed by atoms with van der Waals surface area (Å²) in [6, 6.07) is 4.65. The standard InChI is InChI=1S/C36H46N4O7S/c1-11-22-16-36(22,33(42)45-12-2)39-31(41)30-21(6)28(17-40(30)34(43)47-35(7,8)9)46-27-15-24(32-38-25(18-48-32)19(3)4)37-29-20(5)26(44-10)14-13-23(27)29/h11,13-15,18-19,21-22,28,30H,1,12,16-17H2,2-10H3,(H,39,41)/t21-,22-,28+,30+,36-/m1/s1. The highest BCUT2D eigenvalue weighted by molar-refractivity contribution is 7.13. The molecule has 1 N–H and O–H groups in total. The van der Waals surface area contributed by atoms with Crippen LogP contribution in [-0.4, -0.2) is 76.4 Å². The highest BCUT2D eigenvalue weighted by Crippen LogP contribution is 2.46. The Bertz CT molecular complexity index is 1730. The second-order valence-electron chi connectivity index (χ2n) is 13.8. The summed E-state index contributed by atoms with van der Waals surface area (Å²) in [6.45, 7) is 19.1. The third-order valence-electron chi connectivity index (χ3n) is 8.96. The fraction of sp³-hybridized carbons (Fsp3) is 0.528. The van der Waals surface area contributed by atoms with Gasteiger partial charge in [0.05, 0.1) is 31.5 Å². The quantitative estimate of drug-likeness (QED) is 0.191. The fourth-order valence-corrected chi connectivity index (χ4v) is 7.13. The van der Waals surface area contributed by atoms with Crippen LogP contribution in [-0.2, 0) is 19.1 Å². The van der Waals surface area contributed by atoms with Gasteiger partial charge in [0, 0.05) is 34.2 Å². The molecule has 1 saturated heterocycles. The predicted molar refractivity (Wildman–Crippen MR) is 184 cm³/mol. The molecule has 0 bridgehead atoms. The van der Waals surface area contributed by atoms with E-state index < -0.39 is 47.2 Å². The maximum Gasteiger partial charge on any atom is 0.411 e. The van der Waals surface area contributed by atoms with E-state index in [-0.39, 0.29) is 25.0 Å². The van der Waals surface area contributed by atoms with Crippen LogP contribution < -0.4 is 14.8 Å². The Balaban J connectivity index is 1.53. The van der Waals surface area contributed by atoms with Crippen molar-refractivity contribution < 1.29 is 33.3 Å². The number of methoxy groups -OCH3 is 1. The van der Waals surface area contributed by atoms with Gasteiger partial charge in [-0.1, -0.05) is 26.8 Å². The summed E-state index contributed by atoms with van der Waals surface area (Å²) in [5.74, 6) is -0.276. The highest BCUT2D eigenvalue weighted by Gasteiger charge is 2.62. The highest BCUT2D eigenvalue weighted by atomic mass is 32.1. The van der Waals surface area contributed by atoms with Crippen LogP contribution in [0.25, 0.3) is 21.6 Å². The number of esters is 1. The molecule has 2 aliphatic rings. The molecular weight excluding hydrogens is 632 g/mol. The number of hydrogen-bond donors (Lipinski definition) is 1. The van der Waals surface area contributed by atoms with Crippen molar-refractivity contribution in [1.29, 1.82) is 0 Å². The molecule has 1 aliphatic carbocycles. The van der Waals surface area contributed by atoms with E-state index in [1.807, 2.05) is 37.4 Å². The van der Waals surface area contributed by atoms with Crippen molar-refractivity contribution in [1.82, 2.24) is 20.2 Å². The van der Waals surface area contributed by atoms with Gasteiger partial charge in [-0.3, -0.25) is 9.69 Å². The second kappa shape index (κ2) is 13.4. The predicted octanol–water partition coefficient (Wildman–Crippen LogP) is 6.43. The van der Waals surface area contributed by atoms with E-state index >= 15 is 0 Å². The molecule has 5 rings (SSSR count). The van der Waals surface area contributed by atoms with Gasteiger partial charge in [0.1, 0.15) is 45.5 Å². The average molecular weight is 679 g/mol. The van der Waals surface area contributed by atoms with Crippen molar-refractivity contribution in [3.05, 3.63) is 47.5 Å². The molecule has 0 spiro atoms. The van der Waals surface area contributed by atoms with E-state index in [9.17, 15) is 14.4 Å². The Morgan fingerprint density at radius 1 is 1.21 bits per heavy atom. The molecule has 1 saturated carbocycles. The van der Waals surface area contributed by atoms with Crippen LogP contribution in [0.15, 0.2) is 36.2 Å². The minimum absolute atomic E-state index is 0.0779. The lowest BCUT2D eigenvalue weighted by Gasteiger charge is -2.30. The first kappa shape index (κ1) is 35.1. The van der Waals surface area contributed by atoms with Crippen LogP contribution in [0.2, 0.25) is 0 Å². The number of aryl methyl sites for hydroxylation is 1. The number of carbonyl (C=O) groups is 3. The van der Waals surface area contributed by atoms with E-state index in [4.69, 9.17) is 28.9 Å². The van der Waals surface area contributed by atoms with Gasteiger partial charge < -0.3 is 24.3 Å². The number of amides is 2. The smallest absolute Gasteiger partial charge is 0.411 e. The van der Waals surface area contributed by atoms with Crippen molar-refractivity contribution in [3.63, 3.8) is 0 Å². The Morgan fingerprint density at radius 2 is 1.94 bits per heavy atom. The number of ether oxygens (including phenoxy) is 4. The lowest BCUT2D eigenvalue weighted by molar-refractivity contribution is -0.149. The molecule has 0 unspecified atom stereocenters. The van der Waals surface area contributed by atoms with Gasteiger partial charge in [-0.05, 0) is 59.1 Å². The van der Waals surface area contributed by atoms with Crippen molar-refractivity contribution in [2.24, 2.45) is 11.8 Å². The van der Waals surface area contributed by atoms with Gasteiger partial charge in [-0.25, -0.2) is 19.6 Å². The first-order valence-corrected chi connectivity index (χ1v) is 17.2. The number of rotatable bonds is 10. The Morgan fingerprint density at radius 3 is 2.52 bits per heavy atom. The number of likely N-dealkylation sites (tertiary alicyclic amines) is 1. The SMILES string of the molecule is C=C[C@@H]1C[C@]1(NC(=O)[C@@H]1[C@H](C)[C@@H](Oc2cc(-c3nc(C(C)C)cs3)nc3c(C)c(OC)ccc23)CN1C(=O)OC(C)(C)C)C(=O)OCC. The molecule has 2 fully saturated rings. The fourth-order valence-electron chi connectivity index (χ4n) is 6.19. The zero-order valence-electron chi connectivity index (χ0n) is 29.2. The maximum absolute atomic E-state index is 14.1. The molecule has 48 heavy (non-hydrogen) atoms. The first-order valence-electron chi connectivity index (χ1n) is 16.4. The summed E-state index contributed by atoms with van der Waals surface area (Å²) in [7, 11) is 1.62. The number of benzene rings is 1. The molecule has 258 valence electrons. The third-order valence-corrected chi connectivity index (χ3v) is 9.84. The summed E-state index contributed by atoms with van der Waals surface area (Å²) in [5.41, 5.74) is 1.15. The van der Waals surface area contributed by atoms with Gasteiger partial charge >= 0.3 is 12.1 Å². The molecule has 12 heteroatoms. The second-order valence-corrected chi connectivity index (χ2v) is 14.7. The number of nitrogens with one attached hydrogen (secondary N) is 1. The molecule has 3 aromatic rings. The van der Waals surface area contributed by atoms with Crippen LogP contribution in [0.3, 0.4) is 0 Å². The zero-order chi connectivity index (χ0) is 35.1. The number of pyridine rings is 1. The van der Waals surface area contributed by atoms with Crippen LogP contribution in [0.1, 0.15) is 72.1 Å². The monoisotopic (exact) mass is 678 g/mol. The maximum atomic E-state index is 14.1. The Labute approximate surface area is 286 Å². The molecule has 2 amide bonds. The van der Waals surface area contributed by atoms with Crippen molar-refractivity contribution >= 4 is 40.2 Å². The van der Waals surface area contributed by atoms with Gasteiger partial charge in [0.25, 0.3) is 0 Å². The number of thiazole rings is 1. The van der Waals surface area contributed by atoms with Crippen molar-refractivity contribution in [3.8, 4) is 22.2 Å². The van der Waals surface area contributed by atoms with E-state index in [1.54, 1.807) is 40.9 Å². The topological polar surface area (TPSA) is 129 Å². The van der Waals surface area contributed by atoms with Gasteiger partial charge in [0.2, 0.25) is 5.91 Å². The average Bonchev–Trinajstić information content (AvgIpc) is 3.33. The normalized spacial score (nSPS) is 23.6. The van der Waals surface area contributed by atoms with Gasteiger partial charge in [0.15, 0.2) is 0 Å². The molecule has 1 aliphatic heterocycles. The third kappa shape index (κ3) is 6.72. The number of nitrogens with zero attached hydrogens (tertiary/aromatic N) is 3. The van der Waals surface area contributed by atoms with Crippen molar-refractivity contribution in [2.75, 3.05) is 20.3 Å². The number of hydrogen-bond acceptors (Lipinski definition) is 10. The van der Waals surface area contributed by atoms with E-state index in [1.165, 1.54) is 16.2 Å². The van der Waals surface area contributed by atoms with Crippen LogP contribution >= 0.6 is 11.3 Å². The zero-order valence-corrected chi connectivity index (χ0v) is 30.0. The first-order chi connectivity index (χ1) is 22.6. The van der Waals surface area contributed by atoms with Gasteiger partial charge in [-0.2, -0.15) is 0 Å². The van der Waals surface area contributed by atoms with Crippen LogP contribution in [0.4, 0.5) is 4.79 Å². The molecule has 11 nitrogen and oxygen atoms in total. The molecule has 1 aromatic carbocycles. The van der Waals surface area contributed by atoms with E-state index in [2.05, 4.69) is 25.7 Å². The number of carbonyl (C=O) groups excluding carboxylic acids is 3. The van der Waals surface area contributed by atoms with E-state index in [0.717, 1.165) is 21.7 Å². The molecule has 5 atom stereocenters. The Kier molecular flexibility index (Phi) is 9.79. The molecule has 2 aromatic heterocycles. The molecule has 0 radical (unpaired) electrons. The van der Waals surface area contributed by atoms with Gasteiger partial charge in [-0.15, -0.1) is 17.9 Å². The molecular formula is C36H46N4O7S. The largest absolute Gasteiger partial charge is 0.496 e. The summed E-state index contributed by atoms with van der Waals surface area (Å²) in [4.78, 5) is 51.9. The summed E-state index contributed by atoms with van der Waals surface area (Å²) >= 11 is 1.51. The minimum atomic E-state index is -1.22. The van der Waals surface area contributed by atoms with Crippen molar-refractivity contribution in [2.45, 2.75) is 91.0 Å². The lowest BCUT2D eigenvalue weighted by atomic mass is 9.98. The minimum Gasteiger partial charge on any atom is -0.496 e. The summed E-state index contributed by atoms with van der Waals surface area (Å²) in [6.07, 6.45) is 0.761. The number of fused-ring (bicyclic) bond motifs is 1. The molecule has 3 heterocycles. The number of aromatic nitrogens is 2. The summed E-state index contributed by atoms with van der Waals surface area (Å²) < 4.78 is 23.4. The lowest BCUT2D eigenvalue weighted by Crippen LogP contribution is -2.55.